The van der Waals surface area contributed by atoms with Crippen molar-refractivity contribution in [2.24, 2.45) is 0 Å². The van der Waals surface area contributed by atoms with Gasteiger partial charge in [-0.1, -0.05) is 30.2 Å². The molecule has 0 aromatic carbocycles. The summed E-state index contributed by atoms with van der Waals surface area (Å²) in [6.45, 7) is 4.63. The Labute approximate surface area is 85.0 Å². The normalized spacial score (nSPS) is 13.6. The van der Waals surface area contributed by atoms with Gasteiger partial charge in [-0.3, -0.25) is 4.79 Å². The Morgan fingerprint density at radius 2 is 2.07 bits per heavy atom. The van der Waals surface area contributed by atoms with Gasteiger partial charge in [0.1, 0.15) is 0 Å². The molecule has 1 aliphatic carbocycles. The number of hydrogen-bond donors (Lipinski definition) is 1. The van der Waals surface area contributed by atoms with E-state index in [1.165, 1.54) is 18.3 Å². The molecule has 3 nitrogen and oxygen atoms in total. The second kappa shape index (κ2) is 7.06. The summed E-state index contributed by atoms with van der Waals surface area (Å²) in [6, 6.07) is 0. The molecular formula is C11H17NO2. The average Bonchev–Trinajstić information content (AvgIpc) is 2.68. The lowest BCUT2D eigenvalue weighted by molar-refractivity contribution is -0.139. The summed E-state index contributed by atoms with van der Waals surface area (Å²) in [5, 5.41) is 5.50. The number of methoxy groups -OCH3 is 1. The number of carbonyl (C=O) groups is 1. The Bertz CT molecular complexity index is 254. The van der Waals surface area contributed by atoms with Gasteiger partial charge in [-0.25, -0.2) is 0 Å². The van der Waals surface area contributed by atoms with E-state index in [4.69, 9.17) is 5.41 Å². The van der Waals surface area contributed by atoms with Crippen molar-refractivity contribution >= 4 is 12.7 Å². The van der Waals surface area contributed by atoms with Crippen molar-refractivity contribution in [3.05, 3.63) is 23.3 Å². The third-order valence-electron chi connectivity index (χ3n) is 2.06. The van der Waals surface area contributed by atoms with E-state index in [9.17, 15) is 4.79 Å². The first-order valence-electron chi connectivity index (χ1n) is 4.56. The molecule has 0 heterocycles. The van der Waals surface area contributed by atoms with Gasteiger partial charge in [0, 0.05) is 0 Å². The van der Waals surface area contributed by atoms with E-state index in [-0.39, 0.29) is 5.97 Å². The van der Waals surface area contributed by atoms with Crippen molar-refractivity contribution < 1.29 is 9.53 Å². The Morgan fingerprint density at radius 3 is 2.50 bits per heavy atom. The second-order valence-corrected chi connectivity index (χ2v) is 2.93. The third kappa shape index (κ3) is 4.03. The smallest absolute Gasteiger partial charge is 0.309 e. The predicted molar refractivity (Wildman–Crippen MR) is 57.5 cm³/mol. The highest BCUT2D eigenvalue weighted by Crippen LogP contribution is 2.23. The summed E-state index contributed by atoms with van der Waals surface area (Å²) >= 11 is 0. The molecular weight excluding hydrogens is 178 g/mol. The fraction of sp³-hybridized carbons (Fsp3) is 0.455. The molecule has 0 amide bonds. The molecule has 1 N–H and O–H groups in total. The summed E-state index contributed by atoms with van der Waals surface area (Å²) in [4.78, 5) is 10.9. The van der Waals surface area contributed by atoms with Crippen molar-refractivity contribution in [3.63, 3.8) is 0 Å². The molecule has 14 heavy (non-hydrogen) atoms. The molecule has 3 heteroatoms. The van der Waals surface area contributed by atoms with Crippen LogP contribution in [0.5, 0.6) is 0 Å². The van der Waals surface area contributed by atoms with Crippen LogP contribution in [0.15, 0.2) is 23.3 Å². The summed E-state index contributed by atoms with van der Waals surface area (Å²) < 4.78 is 4.58. The zero-order chi connectivity index (χ0) is 11.0. The van der Waals surface area contributed by atoms with Gasteiger partial charge in [0.25, 0.3) is 0 Å². The van der Waals surface area contributed by atoms with E-state index < -0.39 is 0 Å². The topological polar surface area (TPSA) is 50.2 Å². The molecule has 0 aliphatic heterocycles. The lowest BCUT2D eigenvalue weighted by Gasteiger charge is -2.01. The van der Waals surface area contributed by atoms with Crippen LogP contribution >= 0.6 is 0 Å². The highest BCUT2D eigenvalue weighted by molar-refractivity contribution is 5.72. The first-order chi connectivity index (χ1) is 6.76. The monoisotopic (exact) mass is 195 g/mol. The fourth-order valence-corrected chi connectivity index (χ4v) is 1.27. The zero-order valence-corrected chi connectivity index (χ0v) is 8.80. The minimum absolute atomic E-state index is 0.146. The van der Waals surface area contributed by atoms with E-state index in [0.717, 1.165) is 12.8 Å². The molecule has 0 fully saturated rings. The van der Waals surface area contributed by atoms with E-state index >= 15 is 0 Å². The van der Waals surface area contributed by atoms with Gasteiger partial charge in [0.2, 0.25) is 0 Å². The van der Waals surface area contributed by atoms with Crippen LogP contribution in [0.2, 0.25) is 0 Å². The van der Waals surface area contributed by atoms with Crippen LogP contribution < -0.4 is 0 Å². The van der Waals surface area contributed by atoms with Crippen molar-refractivity contribution in [2.45, 2.75) is 26.2 Å². The highest BCUT2D eigenvalue weighted by Gasteiger charge is 2.10. The molecule has 0 aromatic rings. The van der Waals surface area contributed by atoms with Crippen LogP contribution in [-0.2, 0) is 9.53 Å². The van der Waals surface area contributed by atoms with Crippen LogP contribution in [0.25, 0.3) is 0 Å². The van der Waals surface area contributed by atoms with Crippen molar-refractivity contribution in [1.29, 1.82) is 5.41 Å². The van der Waals surface area contributed by atoms with E-state index in [1.807, 2.05) is 6.08 Å². The molecule has 0 unspecified atom stereocenters. The standard InChI is InChI=1S/C10H14O2.CH3N/c1-3-8-4-5-9(6-8)7-10(11)12-2;1-2/h4-5H,3,6-7H2,1-2H3;2H,1H2. The Kier molecular flexibility index (Phi) is 6.37. The number of rotatable bonds is 3. The van der Waals surface area contributed by atoms with Crippen LogP contribution in [0.1, 0.15) is 26.2 Å². The van der Waals surface area contributed by atoms with Gasteiger partial charge < -0.3 is 10.1 Å². The van der Waals surface area contributed by atoms with Gasteiger partial charge in [0.15, 0.2) is 0 Å². The predicted octanol–water partition coefficient (Wildman–Crippen LogP) is 2.48. The molecule has 0 radical (unpaired) electrons. The van der Waals surface area contributed by atoms with E-state index in [2.05, 4.69) is 24.5 Å². The molecule has 78 valence electrons. The molecule has 0 atom stereocenters. The lowest BCUT2D eigenvalue weighted by Crippen LogP contribution is -2.00. The SMILES string of the molecule is C=N.CCC1=CC=C(CC(=O)OC)C1. The summed E-state index contributed by atoms with van der Waals surface area (Å²) in [5.41, 5.74) is 2.56. The van der Waals surface area contributed by atoms with Crippen LogP contribution in [0, 0.1) is 5.41 Å². The third-order valence-corrected chi connectivity index (χ3v) is 2.06. The minimum atomic E-state index is -0.146. The molecule has 1 aliphatic rings. The lowest BCUT2D eigenvalue weighted by atomic mass is 10.1. The molecule has 0 saturated carbocycles. The number of nitrogens with one attached hydrogen (secondary N) is 1. The van der Waals surface area contributed by atoms with Crippen LogP contribution in [0.3, 0.4) is 0 Å². The van der Waals surface area contributed by atoms with Gasteiger partial charge in [-0.2, -0.15) is 0 Å². The quantitative estimate of drug-likeness (QED) is 0.555. The van der Waals surface area contributed by atoms with E-state index in [1.54, 1.807) is 0 Å². The van der Waals surface area contributed by atoms with E-state index in [0.29, 0.717) is 6.42 Å². The second-order valence-electron chi connectivity index (χ2n) is 2.93. The maximum atomic E-state index is 10.9. The molecule has 0 bridgehead atoms. The first kappa shape index (κ1) is 12.6. The van der Waals surface area contributed by atoms with Crippen molar-refractivity contribution in [3.8, 4) is 0 Å². The summed E-state index contributed by atoms with van der Waals surface area (Å²) in [7, 11) is 1.42. The van der Waals surface area contributed by atoms with Crippen molar-refractivity contribution in [1.82, 2.24) is 0 Å². The summed E-state index contributed by atoms with van der Waals surface area (Å²) in [5.74, 6) is -0.146. The Morgan fingerprint density at radius 1 is 1.50 bits per heavy atom. The largest absolute Gasteiger partial charge is 0.469 e. The van der Waals surface area contributed by atoms with Gasteiger partial charge in [-0.05, 0) is 19.6 Å². The fourth-order valence-electron chi connectivity index (χ4n) is 1.27. The number of allylic oxidation sites excluding steroid dienone is 3. The van der Waals surface area contributed by atoms with Gasteiger partial charge in [-0.15, -0.1) is 0 Å². The summed E-state index contributed by atoms with van der Waals surface area (Å²) in [6.07, 6.45) is 6.58. The average molecular weight is 195 g/mol. The van der Waals surface area contributed by atoms with Crippen LogP contribution in [-0.4, -0.2) is 19.8 Å². The Balaban J connectivity index is 0.000000791. The Hall–Kier alpha value is -1.38. The minimum Gasteiger partial charge on any atom is -0.469 e. The maximum absolute atomic E-state index is 10.9. The van der Waals surface area contributed by atoms with Crippen LogP contribution in [0.4, 0.5) is 0 Å². The molecule has 0 spiro atoms. The molecule has 0 aromatic heterocycles. The number of ether oxygens (including phenoxy) is 1. The van der Waals surface area contributed by atoms with Crippen molar-refractivity contribution in [2.75, 3.05) is 7.11 Å². The highest BCUT2D eigenvalue weighted by atomic mass is 16.5. The zero-order valence-electron chi connectivity index (χ0n) is 8.80. The number of hydrogen-bond acceptors (Lipinski definition) is 3. The number of carbonyl (C=O) groups excluding carboxylic acids is 1. The van der Waals surface area contributed by atoms with Gasteiger partial charge >= 0.3 is 5.97 Å². The molecule has 1 rings (SSSR count). The maximum Gasteiger partial charge on any atom is 0.309 e. The first-order valence-corrected chi connectivity index (χ1v) is 4.56. The molecule has 0 saturated heterocycles. The number of esters is 1. The van der Waals surface area contributed by atoms with Gasteiger partial charge in [0.05, 0.1) is 13.5 Å².